The summed E-state index contributed by atoms with van der Waals surface area (Å²) in [5.74, 6) is 0. The molecule has 0 unspecified atom stereocenters. The van der Waals surface area contributed by atoms with E-state index in [1.54, 1.807) is 0 Å². The van der Waals surface area contributed by atoms with Crippen molar-refractivity contribution in [2.45, 2.75) is 70.6 Å². The number of carbonyl (C=O) groups excluding carboxylic acids is 1. The average molecular weight is 236 g/mol. The van der Waals surface area contributed by atoms with Gasteiger partial charge in [0.2, 0.25) is 0 Å². The standard InChI is InChI=1S/C16H28O/c1-2-3-4-5-6-7-8-9-10-11-12-13-14-15-16-17/h2,8-9,16H,1,3-7,10-15H2/b9-8+. The van der Waals surface area contributed by atoms with E-state index in [1.165, 1.54) is 51.4 Å². The minimum atomic E-state index is 0.737. The van der Waals surface area contributed by atoms with Crippen LogP contribution < -0.4 is 0 Å². The van der Waals surface area contributed by atoms with Gasteiger partial charge in [0.05, 0.1) is 0 Å². The van der Waals surface area contributed by atoms with Crippen LogP contribution in [-0.2, 0) is 4.79 Å². The topological polar surface area (TPSA) is 17.1 Å². The maximum absolute atomic E-state index is 10.1. The van der Waals surface area contributed by atoms with Gasteiger partial charge in [-0.2, -0.15) is 0 Å². The third kappa shape index (κ3) is 15.1. The molecule has 1 heteroatoms. The number of unbranched alkanes of at least 4 members (excludes halogenated alkanes) is 9. The highest BCUT2D eigenvalue weighted by atomic mass is 16.1. The van der Waals surface area contributed by atoms with Gasteiger partial charge in [-0.15, -0.1) is 6.58 Å². The highest BCUT2D eigenvalue weighted by Gasteiger charge is 1.88. The smallest absolute Gasteiger partial charge is 0.119 e. The Morgan fingerprint density at radius 1 is 0.647 bits per heavy atom. The van der Waals surface area contributed by atoms with Crippen molar-refractivity contribution in [1.29, 1.82) is 0 Å². The maximum atomic E-state index is 10.1. The summed E-state index contributed by atoms with van der Waals surface area (Å²) in [6.07, 6.45) is 20.7. The first kappa shape index (κ1) is 16.1. The summed E-state index contributed by atoms with van der Waals surface area (Å²) in [5, 5.41) is 0. The molecule has 0 saturated heterocycles. The van der Waals surface area contributed by atoms with Crippen LogP contribution in [0.5, 0.6) is 0 Å². The second-order valence-corrected chi connectivity index (χ2v) is 4.56. The Bertz CT molecular complexity index is 194. The summed E-state index contributed by atoms with van der Waals surface area (Å²) in [6, 6.07) is 0. The Balaban J connectivity index is 3.04. The molecule has 0 aromatic rings. The molecule has 0 aliphatic rings. The Labute approximate surface area is 107 Å². The van der Waals surface area contributed by atoms with Gasteiger partial charge < -0.3 is 4.79 Å². The largest absolute Gasteiger partial charge is 0.303 e. The molecule has 0 radical (unpaired) electrons. The maximum Gasteiger partial charge on any atom is 0.119 e. The molecule has 0 aromatic heterocycles. The van der Waals surface area contributed by atoms with Crippen LogP contribution in [0.15, 0.2) is 24.8 Å². The van der Waals surface area contributed by atoms with Gasteiger partial charge in [-0.25, -0.2) is 0 Å². The molecule has 0 amide bonds. The van der Waals surface area contributed by atoms with Crippen LogP contribution in [-0.4, -0.2) is 6.29 Å². The van der Waals surface area contributed by atoms with Gasteiger partial charge in [-0.1, -0.05) is 37.5 Å². The Morgan fingerprint density at radius 2 is 1.12 bits per heavy atom. The number of aldehydes is 1. The molecule has 0 aromatic carbocycles. The number of rotatable bonds is 13. The zero-order valence-electron chi connectivity index (χ0n) is 11.2. The van der Waals surface area contributed by atoms with Gasteiger partial charge in [0, 0.05) is 6.42 Å². The fraction of sp³-hybridized carbons (Fsp3) is 0.688. The second-order valence-electron chi connectivity index (χ2n) is 4.56. The van der Waals surface area contributed by atoms with Crippen molar-refractivity contribution < 1.29 is 4.79 Å². The minimum Gasteiger partial charge on any atom is -0.303 e. The number of hydrogen-bond donors (Lipinski definition) is 0. The van der Waals surface area contributed by atoms with Crippen molar-refractivity contribution in [2.75, 3.05) is 0 Å². The minimum absolute atomic E-state index is 0.737. The Kier molecular flexibility index (Phi) is 14.4. The van der Waals surface area contributed by atoms with Gasteiger partial charge in [-0.3, -0.25) is 0 Å². The van der Waals surface area contributed by atoms with Crippen molar-refractivity contribution in [3.05, 3.63) is 24.8 Å². The highest BCUT2D eigenvalue weighted by Crippen LogP contribution is 2.07. The normalized spacial score (nSPS) is 10.8. The van der Waals surface area contributed by atoms with E-state index >= 15 is 0 Å². The summed E-state index contributed by atoms with van der Waals surface area (Å²) >= 11 is 0. The monoisotopic (exact) mass is 236 g/mol. The molecule has 0 aliphatic heterocycles. The van der Waals surface area contributed by atoms with Crippen LogP contribution in [0.3, 0.4) is 0 Å². The lowest BCUT2D eigenvalue weighted by Crippen LogP contribution is -1.79. The van der Waals surface area contributed by atoms with E-state index in [1.807, 2.05) is 6.08 Å². The molecule has 0 saturated carbocycles. The van der Waals surface area contributed by atoms with E-state index in [9.17, 15) is 4.79 Å². The first-order chi connectivity index (χ1) is 8.41. The van der Waals surface area contributed by atoms with Gasteiger partial charge in [0.1, 0.15) is 6.29 Å². The molecule has 0 spiro atoms. The molecule has 0 bridgehead atoms. The molecule has 1 nitrogen and oxygen atoms in total. The van der Waals surface area contributed by atoms with Crippen LogP contribution in [0.1, 0.15) is 70.6 Å². The SMILES string of the molecule is C=CCCCCC/C=C/CCCCCCC=O. The average Bonchev–Trinajstić information content (AvgIpc) is 2.35. The molecule has 0 fully saturated rings. The van der Waals surface area contributed by atoms with Crippen LogP contribution >= 0.6 is 0 Å². The summed E-state index contributed by atoms with van der Waals surface area (Å²) in [7, 11) is 0. The van der Waals surface area contributed by atoms with E-state index < -0.39 is 0 Å². The van der Waals surface area contributed by atoms with Crippen molar-refractivity contribution >= 4 is 6.29 Å². The zero-order chi connectivity index (χ0) is 12.6. The molecular formula is C16H28O. The van der Waals surface area contributed by atoms with Crippen LogP contribution in [0.4, 0.5) is 0 Å². The third-order valence-corrected chi connectivity index (χ3v) is 2.89. The number of hydrogen-bond acceptors (Lipinski definition) is 1. The predicted molar refractivity (Wildman–Crippen MR) is 76.2 cm³/mol. The highest BCUT2D eigenvalue weighted by molar-refractivity contribution is 5.48. The zero-order valence-corrected chi connectivity index (χ0v) is 11.2. The van der Waals surface area contributed by atoms with Crippen molar-refractivity contribution in [1.82, 2.24) is 0 Å². The molecule has 0 aliphatic carbocycles. The lowest BCUT2D eigenvalue weighted by molar-refractivity contribution is -0.107. The lowest BCUT2D eigenvalue weighted by atomic mass is 10.1. The van der Waals surface area contributed by atoms with Gasteiger partial charge in [-0.05, 0) is 44.9 Å². The Hall–Kier alpha value is -0.850. The van der Waals surface area contributed by atoms with Crippen molar-refractivity contribution in [2.24, 2.45) is 0 Å². The fourth-order valence-corrected chi connectivity index (χ4v) is 1.81. The number of carbonyl (C=O) groups is 1. The van der Waals surface area contributed by atoms with Crippen LogP contribution in [0.25, 0.3) is 0 Å². The van der Waals surface area contributed by atoms with Gasteiger partial charge in [0.15, 0.2) is 0 Å². The fourth-order valence-electron chi connectivity index (χ4n) is 1.81. The quantitative estimate of drug-likeness (QED) is 0.243. The van der Waals surface area contributed by atoms with E-state index in [0.717, 1.165) is 25.5 Å². The second kappa shape index (κ2) is 15.1. The van der Waals surface area contributed by atoms with Gasteiger partial charge in [0.25, 0.3) is 0 Å². The molecular weight excluding hydrogens is 208 g/mol. The van der Waals surface area contributed by atoms with Gasteiger partial charge >= 0.3 is 0 Å². The lowest BCUT2D eigenvalue weighted by Gasteiger charge is -1.96. The number of allylic oxidation sites excluding steroid dienone is 3. The molecule has 0 N–H and O–H groups in total. The van der Waals surface area contributed by atoms with Crippen molar-refractivity contribution in [3.63, 3.8) is 0 Å². The summed E-state index contributed by atoms with van der Waals surface area (Å²) in [6.45, 7) is 3.72. The van der Waals surface area contributed by atoms with E-state index in [0.29, 0.717) is 0 Å². The molecule has 0 heterocycles. The first-order valence-corrected chi connectivity index (χ1v) is 7.11. The predicted octanol–water partition coefficient (Wildman–Crippen LogP) is 5.22. The molecule has 17 heavy (non-hydrogen) atoms. The summed E-state index contributed by atoms with van der Waals surface area (Å²) < 4.78 is 0. The van der Waals surface area contributed by atoms with Crippen LogP contribution in [0, 0.1) is 0 Å². The summed E-state index contributed by atoms with van der Waals surface area (Å²) in [4.78, 5) is 10.1. The first-order valence-electron chi connectivity index (χ1n) is 7.11. The van der Waals surface area contributed by atoms with E-state index in [4.69, 9.17) is 0 Å². The van der Waals surface area contributed by atoms with E-state index in [-0.39, 0.29) is 0 Å². The Morgan fingerprint density at radius 3 is 1.65 bits per heavy atom. The van der Waals surface area contributed by atoms with Crippen molar-refractivity contribution in [3.8, 4) is 0 Å². The molecule has 0 rings (SSSR count). The molecule has 0 atom stereocenters. The molecule has 98 valence electrons. The summed E-state index contributed by atoms with van der Waals surface area (Å²) in [5.41, 5.74) is 0. The van der Waals surface area contributed by atoms with E-state index in [2.05, 4.69) is 18.7 Å². The van der Waals surface area contributed by atoms with Crippen LogP contribution in [0.2, 0.25) is 0 Å². The third-order valence-electron chi connectivity index (χ3n) is 2.89.